The molecule has 2 heterocycles. The third-order valence-electron chi connectivity index (χ3n) is 2.22. The predicted octanol–water partition coefficient (Wildman–Crippen LogP) is 0.795. The van der Waals surface area contributed by atoms with Gasteiger partial charge in [-0.3, -0.25) is 4.79 Å². The van der Waals surface area contributed by atoms with E-state index in [4.69, 9.17) is 5.73 Å². The van der Waals surface area contributed by atoms with Crippen molar-refractivity contribution in [3.63, 3.8) is 0 Å². The van der Waals surface area contributed by atoms with Crippen LogP contribution in [0.15, 0.2) is 30.6 Å². The van der Waals surface area contributed by atoms with Crippen molar-refractivity contribution >= 4 is 36.4 Å². The largest absolute Gasteiger partial charge is 0.354 e. The van der Waals surface area contributed by atoms with Crippen LogP contribution < -0.4 is 11.1 Å². The summed E-state index contributed by atoms with van der Waals surface area (Å²) in [6, 6.07) is 5.74. The molecule has 2 aromatic rings. The number of carbonyl (C=O) groups excluding carboxylic acids is 1. The van der Waals surface area contributed by atoms with Crippen molar-refractivity contribution in [2.45, 2.75) is 6.42 Å². The molecule has 7 heteroatoms. The lowest BCUT2D eigenvalue weighted by molar-refractivity contribution is -0.120. The third kappa shape index (κ3) is 4.18. The van der Waals surface area contributed by atoms with Crippen molar-refractivity contribution < 1.29 is 4.79 Å². The highest BCUT2D eigenvalue weighted by Gasteiger charge is 2.06. The number of rotatable bonds is 4. The minimum absolute atomic E-state index is 0. The Labute approximate surface area is 118 Å². The molecule has 0 aliphatic rings. The van der Waals surface area contributed by atoms with Crippen molar-refractivity contribution in [3.05, 3.63) is 36.3 Å². The Balaban J connectivity index is 0.00000144. The molecule has 0 aliphatic heterocycles. The lowest BCUT2D eigenvalue weighted by atomic mass is 10.3. The second-order valence-electron chi connectivity index (χ2n) is 3.51. The first kappa shape index (κ1) is 16.7. The summed E-state index contributed by atoms with van der Waals surface area (Å²) in [6.07, 6.45) is 4.06. The molecule has 100 valence electrons. The Morgan fingerprint density at radius 1 is 1.39 bits per heavy atom. The van der Waals surface area contributed by atoms with E-state index in [0.29, 0.717) is 19.5 Å². The average Bonchev–Trinajstić information content (AvgIpc) is 2.68. The topological polar surface area (TPSA) is 72.4 Å². The van der Waals surface area contributed by atoms with Crippen molar-refractivity contribution in [1.82, 2.24) is 14.7 Å². The Bertz CT molecular complexity index is 468. The van der Waals surface area contributed by atoms with Gasteiger partial charge in [-0.2, -0.15) is 0 Å². The SMILES string of the molecule is Cl.Cl.NCCNC(=O)Cc1cn2ccccc2n1. The number of nitrogens with zero attached hydrogens (tertiary/aromatic N) is 2. The molecule has 0 saturated heterocycles. The summed E-state index contributed by atoms with van der Waals surface area (Å²) < 4.78 is 1.89. The molecule has 3 N–H and O–H groups in total. The van der Waals surface area contributed by atoms with Gasteiger partial charge in [0.05, 0.1) is 12.1 Å². The van der Waals surface area contributed by atoms with Gasteiger partial charge in [-0.15, -0.1) is 24.8 Å². The van der Waals surface area contributed by atoms with E-state index in [1.165, 1.54) is 0 Å². The van der Waals surface area contributed by atoms with Gasteiger partial charge in [0.15, 0.2) is 0 Å². The predicted molar refractivity (Wildman–Crippen MR) is 75.5 cm³/mol. The van der Waals surface area contributed by atoms with Crippen LogP contribution in [0.1, 0.15) is 5.69 Å². The Morgan fingerprint density at radius 2 is 2.17 bits per heavy atom. The van der Waals surface area contributed by atoms with Crippen LogP contribution in [0.3, 0.4) is 0 Å². The van der Waals surface area contributed by atoms with Gasteiger partial charge in [0, 0.05) is 25.5 Å². The first-order valence-electron chi connectivity index (χ1n) is 5.19. The van der Waals surface area contributed by atoms with Crippen molar-refractivity contribution in [3.8, 4) is 0 Å². The minimum atomic E-state index is -0.0474. The summed E-state index contributed by atoms with van der Waals surface area (Å²) in [4.78, 5) is 15.8. The van der Waals surface area contributed by atoms with Crippen molar-refractivity contribution in [2.75, 3.05) is 13.1 Å². The van der Waals surface area contributed by atoms with Gasteiger partial charge in [0.2, 0.25) is 5.91 Å². The molecule has 0 bridgehead atoms. The van der Waals surface area contributed by atoms with Gasteiger partial charge < -0.3 is 15.5 Å². The molecular weight excluding hydrogens is 275 g/mol. The Morgan fingerprint density at radius 3 is 2.83 bits per heavy atom. The van der Waals surface area contributed by atoms with E-state index < -0.39 is 0 Å². The van der Waals surface area contributed by atoms with Crippen molar-refractivity contribution in [2.24, 2.45) is 5.73 Å². The zero-order valence-corrected chi connectivity index (χ0v) is 11.3. The highest BCUT2D eigenvalue weighted by molar-refractivity contribution is 5.85. The first-order valence-corrected chi connectivity index (χ1v) is 5.19. The maximum Gasteiger partial charge on any atom is 0.226 e. The molecule has 0 unspecified atom stereocenters. The molecule has 0 atom stereocenters. The minimum Gasteiger partial charge on any atom is -0.354 e. The lowest BCUT2D eigenvalue weighted by Crippen LogP contribution is -2.30. The summed E-state index contributed by atoms with van der Waals surface area (Å²) >= 11 is 0. The van der Waals surface area contributed by atoms with E-state index >= 15 is 0 Å². The number of pyridine rings is 1. The first-order chi connectivity index (χ1) is 7.79. The van der Waals surface area contributed by atoms with Crippen LogP contribution in [0.25, 0.3) is 5.65 Å². The van der Waals surface area contributed by atoms with E-state index in [0.717, 1.165) is 11.3 Å². The molecule has 2 rings (SSSR count). The monoisotopic (exact) mass is 290 g/mol. The fourth-order valence-corrected chi connectivity index (χ4v) is 1.51. The fourth-order valence-electron chi connectivity index (χ4n) is 1.51. The second kappa shape index (κ2) is 7.92. The van der Waals surface area contributed by atoms with E-state index in [1.807, 2.05) is 35.0 Å². The molecule has 18 heavy (non-hydrogen) atoms. The number of carbonyl (C=O) groups is 1. The second-order valence-corrected chi connectivity index (χ2v) is 3.51. The molecule has 0 fully saturated rings. The number of amides is 1. The molecule has 1 amide bonds. The van der Waals surface area contributed by atoms with E-state index in [-0.39, 0.29) is 30.7 Å². The maximum atomic E-state index is 11.4. The summed E-state index contributed by atoms with van der Waals surface area (Å²) in [5.74, 6) is -0.0474. The van der Waals surface area contributed by atoms with Gasteiger partial charge in [-0.1, -0.05) is 6.07 Å². The van der Waals surface area contributed by atoms with E-state index in [9.17, 15) is 4.79 Å². The number of fused-ring (bicyclic) bond motifs is 1. The van der Waals surface area contributed by atoms with Crippen LogP contribution >= 0.6 is 24.8 Å². The van der Waals surface area contributed by atoms with Crippen LogP contribution in [0.2, 0.25) is 0 Å². The lowest BCUT2D eigenvalue weighted by Gasteiger charge is -2.00. The molecule has 0 radical (unpaired) electrons. The number of hydrogen-bond donors (Lipinski definition) is 2. The number of nitrogens with one attached hydrogen (secondary N) is 1. The summed E-state index contributed by atoms with van der Waals surface area (Å²) in [5.41, 5.74) is 6.91. The summed E-state index contributed by atoms with van der Waals surface area (Å²) in [7, 11) is 0. The number of hydrogen-bond acceptors (Lipinski definition) is 3. The molecular formula is C11H16Cl2N4O. The van der Waals surface area contributed by atoms with Crippen LogP contribution in [-0.4, -0.2) is 28.4 Å². The molecule has 0 spiro atoms. The van der Waals surface area contributed by atoms with E-state index in [2.05, 4.69) is 10.3 Å². The highest BCUT2D eigenvalue weighted by Crippen LogP contribution is 2.04. The number of imidazole rings is 1. The third-order valence-corrected chi connectivity index (χ3v) is 2.22. The highest BCUT2D eigenvalue weighted by atomic mass is 35.5. The number of aromatic nitrogens is 2. The normalized spacial score (nSPS) is 9.39. The maximum absolute atomic E-state index is 11.4. The van der Waals surface area contributed by atoms with Crippen LogP contribution in [0, 0.1) is 0 Å². The van der Waals surface area contributed by atoms with Gasteiger partial charge in [-0.05, 0) is 12.1 Å². The molecule has 0 aromatic carbocycles. The number of halogens is 2. The van der Waals surface area contributed by atoms with E-state index in [1.54, 1.807) is 0 Å². The van der Waals surface area contributed by atoms with Gasteiger partial charge >= 0.3 is 0 Å². The molecule has 5 nitrogen and oxygen atoms in total. The fraction of sp³-hybridized carbons (Fsp3) is 0.273. The van der Waals surface area contributed by atoms with Crippen LogP contribution in [0.4, 0.5) is 0 Å². The zero-order chi connectivity index (χ0) is 11.4. The van der Waals surface area contributed by atoms with Gasteiger partial charge in [0.25, 0.3) is 0 Å². The molecule has 0 aliphatic carbocycles. The quantitative estimate of drug-likeness (QED) is 0.875. The summed E-state index contributed by atoms with van der Waals surface area (Å²) in [6.45, 7) is 0.961. The number of nitrogens with two attached hydrogens (primary N) is 1. The van der Waals surface area contributed by atoms with Crippen molar-refractivity contribution in [1.29, 1.82) is 0 Å². The smallest absolute Gasteiger partial charge is 0.226 e. The Kier molecular flexibility index (Phi) is 7.35. The van der Waals surface area contributed by atoms with Crippen LogP contribution in [0.5, 0.6) is 0 Å². The Hall–Kier alpha value is -1.30. The summed E-state index contributed by atoms with van der Waals surface area (Å²) in [5, 5.41) is 2.71. The zero-order valence-electron chi connectivity index (χ0n) is 9.70. The van der Waals surface area contributed by atoms with Gasteiger partial charge in [-0.25, -0.2) is 4.98 Å². The molecule has 2 aromatic heterocycles. The standard InChI is InChI=1S/C11H14N4O.2ClH/c12-4-5-13-11(16)7-9-8-15-6-2-1-3-10(15)14-9;;/h1-3,6,8H,4-5,7,12H2,(H,13,16);2*1H. The van der Waals surface area contributed by atoms with Crippen LogP contribution in [-0.2, 0) is 11.2 Å². The van der Waals surface area contributed by atoms with Gasteiger partial charge in [0.1, 0.15) is 5.65 Å². The average molecular weight is 291 g/mol. The molecule has 0 saturated carbocycles.